The highest BCUT2D eigenvalue weighted by molar-refractivity contribution is 8.00. The summed E-state index contributed by atoms with van der Waals surface area (Å²) in [6, 6.07) is 4.01. The summed E-state index contributed by atoms with van der Waals surface area (Å²) >= 11 is 2.15. The Morgan fingerprint density at radius 1 is 1.38 bits per heavy atom. The molecule has 0 aliphatic rings. The first-order valence-corrected chi connectivity index (χ1v) is 10.5. The number of anilines is 1. The van der Waals surface area contributed by atoms with Crippen molar-refractivity contribution in [2.45, 2.75) is 16.3 Å². The van der Waals surface area contributed by atoms with Crippen molar-refractivity contribution in [3.05, 3.63) is 40.3 Å². The minimum atomic E-state index is -4.58. The van der Waals surface area contributed by atoms with Crippen LogP contribution in [0.3, 0.4) is 0 Å². The number of thioether (sulfide) groups is 1. The maximum absolute atomic E-state index is 12.7. The Balaban J connectivity index is 2.27. The number of carbonyl (C=O) groups is 1. The molecule has 0 amide bonds. The van der Waals surface area contributed by atoms with E-state index in [-0.39, 0.29) is 16.3 Å². The number of hydrogen-bond donors (Lipinski definition) is 1. The average Bonchev–Trinajstić information content (AvgIpc) is 2.95. The standard InChI is InChI=1S/C14H13F3N2O4S3/c1-23-12(20)10-11(18-13(24-2)25-10)19-26(21,22)7-8-4-3-5-9(6-8)14(15,16)17/h3-6,19H,7H2,1-2H3. The van der Waals surface area contributed by atoms with E-state index < -0.39 is 33.5 Å². The molecule has 0 aliphatic heterocycles. The number of ether oxygens (including phenoxy) is 1. The van der Waals surface area contributed by atoms with Gasteiger partial charge in [0.25, 0.3) is 0 Å². The third-order valence-electron chi connectivity index (χ3n) is 3.02. The molecule has 0 bridgehead atoms. The molecule has 1 aromatic carbocycles. The van der Waals surface area contributed by atoms with Crippen LogP contribution in [-0.2, 0) is 26.7 Å². The van der Waals surface area contributed by atoms with Gasteiger partial charge in [0.2, 0.25) is 10.0 Å². The van der Waals surface area contributed by atoms with Crippen LogP contribution in [0.4, 0.5) is 19.0 Å². The van der Waals surface area contributed by atoms with Gasteiger partial charge in [0, 0.05) is 0 Å². The van der Waals surface area contributed by atoms with E-state index in [9.17, 15) is 26.4 Å². The van der Waals surface area contributed by atoms with Crippen LogP contribution in [0.25, 0.3) is 0 Å². The first-order chi connectivity index (χ1) is 12.1. The summed E-state index contributed by atoms with van der Waals surface area (Å²) in [5.41, 5.74) is -0.994. The van der Waals surface area contributed by atoms with Gasteiger partial charge in [0.05, 0.1) is 18.4 Å². The van der Waals surface area contributed by atoms with Gasteiger partial charge in [-0.05, 0) is 17.9 Å². The van der Waals surface area contributed by atoms with E-state index in [1.165, 1.54) is 17.8 Å². The molecule has 142 valence electrons. The fraction of sp³-hybridized carbons (Fsp3) is 0.286. The predicted molar refractivity (Wildman–Crippen MR) is 92.9 cm³/mol. The summed E-state index contributed by atoms with van der Waals surface area (Å²) in [6.07, 6.45) is -2.88. The summed E-state index contributed by atoms with van der Waals surface area (Å²) in [4.78, 5) is 15.7. The second-order valence-corrected chi connectivity index (χ2v) is 8.69. The Morgan fingerprint density at radius 2 is 2.08 bits per heavy atom. The Labute approximate surface area is 155 Å². The molecular weight excluding hydrogens is 413 g/mol. The molecule has 6 nitrogen and oxygen atoms in total. The normalized spacial score (nSPS) is 12.0. The molecule has 0 unspecified atom stereocenters. The fourth-order valence-corrected chi connectivity index (χ4v) is 4.56. The lowest BCUT2D eigenvalue weighted by molar-refractivity contribution is -0.137. The largest absolute Gasteiger partial charge is 0.465 e. The Morgan fingerprint density at radius 3 is 2.65 bits per heavy atom. The van der Waals surface area contributed by atoms with Crippen LogP contribution in [-0.4, -0.2) is 32.7 Å². The van der Waals surface area contributed by atoms with E-state index in [2.05, 4.69) is 14.4 Å². The number of sulfonamides is 1. The molecule has 0 saturated carbocycles. The topological polar surface area (TPSA) is 85.4 Å². The molecule has 0 saturated heterocycles. The summed E-state index contributed by atoms with van der Waals surface area (Å²) in [5.74, 6) is -1.68. The number of halogens is 3. The zero-order chi connectivity index (χ0) is 19.5. The molecule has 1 aromatic heterocycles. The highest BCUT2D eigenvalue weighted by atomic mass is 32.2. The number of rotatable bonds is 6. The molecule has 0 radical (unpaired) electrons. The average molecular weight is 426 g/mol. The summed E-state index contributed by atoms with van der Waals surface area (Å²) in [5, 5.41) is 0. The van der Waals surface area contributed by atoms with Crippen LogP contribution in [0.5, 0.6) is 0 Å². The van der Waals surface area contributed by atoms with Crippen molar-refractivity contribution in [3.8, 4) is 0 Å². The van der Waals surface area contributed by atoms with Crippen molar-refractivity contribution in [2.75, 3.05) is 18.1 Å². The molecule has 0 aliphatic carbocycles. The first kappa shape index (κ1) is 20.5. The van der Waals surface area contributed by atoms with Crippen molar-refractivity contribution in [1.29, 1.82) is 0 Å². The fourth-order valence-electron chi connectivity index (χ4n) is 1.93. The van der Waals surface area contributed by atoms with E-state index in [1.807, 2.05) is 0 Å². The zero-order valence-electron chi connectivity index (χ0n) is 13.5. The summed E-state index contributed by atoms with van der Waals surface area (Å²) < 4.78 is 70.0. The van der Waals surface area contributed by atoms with Crippen LogP contribution in [0, 0.1) is 0 Å². The molecule has 1 heterocycles. The molecule has 2 aromatic rings. The molecule has 1 N–H and O–H groups in total. The van der Waals surface area contributed by atoms with Gasteiger partial charge in [-0.1, -0.05) is 41.3 Å². The number of methoxy groups -OCH3 is 1. The number of nitrogens with one attached hydrogen (secondary N) is 1. The number of carbonyl (C=O) groups excluding carboxylic acids is 1. The van der Waals surface area contributed by atoms with Crippen molar-refractivity contribution in [2.24, 2.45) is 0 Å². The number of benzene rings is 1. The highest BCUT2D eigenvalue weighted by Crippen LogP contribution is 2.32. The van der Waals surface area contributed by atoms with Gasteiger partial charge in [0.1, 0.15) is 0 Å². The van der Waals surface area contributed by atoms with Crippen LogP contribution >= 0.6 is 23.1 Å². The number of esters is 1. The van der Waals surface area contributed by atoms with Crippen molar-refractivity contribution >= 4 is 44.9 Å². The molecule has 26 heavy (non-hydrogen) atoms. The van der Waals surface area contributed by atoms with Crippen molar-refractivity contribution in [3.63, 3.8) is 0 Å². The van der Waals surface area contributed by atoms with Crippen LogP contribution in [0.1, 0.15) is 20.8 Å². The molecule has 2 rings (SSSR count). The van der Waals surface area contributed by atoms with Crippen molar-refractivity contribution in [1.82, 2.24) is 4.98 Å². The second-order valence-electron chi connectivity index (χ2n) is 4.91. The van der Waals surface area contributed by atoms with E-state index >= 15 is 0 Å². The lowest BCUT2D eigenvalue weighted by Crippen LogP contribution is -2.17. The maximum Gasteiger partial charge on any atom is 0.416 e. The van der Waals surface area contributed by atoms with Gasteiger partial charge in [-0.25, -0.2) is 18.2 Å². The minimum Gasteiger partial charge on any atom is -0.465 e. The maximum atomic E-state index is 12.7. The van der Waals surface area contributed by atoms with Crippen LogP contribution < -0.4 is 4.72 Å². The van der Waals surface area contributed by atoms with Crippen LogP contribution in [0.15, 0.2) is 28.6 Å². The molecule has 0 fully saturated rings. The smallest absolute Gasteiger partial charge is 0.416 e. The molecular formula is C14H13F3N2O4S3. The van der Waals surface area contributed by atoms with E-state index in [0.717, 1.165) is 36.6 Å². The Kier molecular flexibility index (Phi) is 6.19. The third kappa shape index (κ3) is 5.11. The molecule has 0 spiro atoms. The van der Waals surface area contributed by atoms with Crippen molar-refractivity contribution < 1.29 is 31.1 Å². The Hall–Kier alpha value is -1.79. The lowest BCUT2D eigenvalue weighted by atomic mass is 10.1. The number of thiazole rings is 1. The van der Waals surface area contributed by atoms with E-state index in [0.29, 0.717) is 4.34 Å². The van der Waals surface area contributed by atoms with Gasteiger partial charge in [-0.3, -0.25) is 4.72 Å². The summed E-state index contributed by atoms with van der Waals surface area (Å²) in [6.45, 7) is 0. The second kappa shape index (κ2) is 7.84. The van der Waals surface area contributed by atoms with Gasteiger partial charge < -0.3 is 4.74 Å². The third-order valence-corrected chi connectivity index (χ3v) is 6.25. The number of hydrogen-bond acceptors (Lipinski definition) is 7. The van der Waals surface area contributed by atoms with Gasteiger partial charge in [-0.2, -0.15) is 13.2 Å². The van der Waals surface area contributed by atoms with Crippen LogP contribution in [0.2, 0.25) is 0 Å². The first-order valence-electron chi connectivity index (χ1n) is 6.85. The van der Waals surface area contributed by atoms with Gasteiger partial charge in [-0.15, -0.1) is 0 Å². The lowest BCUT2D eigenvalue weighted by Gasteiger charge is -2.10. The summed E-state index contributed by atoms with van der Waals surface area (Å²) in [7, 11) is -2.96. The monoisotopic (exact) mass is 426 g/mol. The highest BCUT2D eigenvalue weighted by Gasteiger charge is 2.31. The zero-order valence-corrected chi connectivity index (χ0v) is 15.9. The quantitative estimate of drug-likeness (QED) is 0.561. The number of alkyl halides is 3. The van der Waals surface area contributed by atoms with Gasteiger partial charge >= 0.3 is 12.1 Å². The van der Waals surface area contributed by atoms with E-state index in [4.69, 9.17) is 0 Å². The van der Waals surface area contributed by atoms with E-state index in [1.54, 1.807) is 6.26 Å². The Bertz CT molecular complexity index is 910. The minimum absolute atomic E-state index is 0.0375. The predicted octanol–water partition coefficient (Wildman–Crippen LogP) is 3.61. The molecule has 0 atom stereocenters. The van der Waals surface area contributed by atoms with Gasteiger partial charge in [0.15, 0.2) is 15.0 Å². The molecule has 12 heteroatoms. The number of aromatic nitrogens is 1. The number of nitrogens with zero attached hydrogens (tertiary/aromatic N) is 1. The SMILES string of the molecule is COC(=O)c1sc(SC)nc1NS(=O)(=O)Cc1cccc(C(F)(F)F)c1.